The highest BCUT2D eigenvalue weighted by molar-refractivity contribution is 7.61. The summed E-state index contributed by atoms with van der Waals surface area (Å²) in [5, 5.41) is 8.98. The highest BCUT2D eigenvalue weighted by atomic mass is 31.2. The molecule has 0 radical (unpaired) electrons. The Bertz CT molecular complexity index is 314. The van der Waals surface area contributed by atoms with E-state index >= 15 is 0 Å². The average Bonchev–Trinajstić information content (AvgIpc) is 2.23. The molecule has 4 nitrogen and oxygen atoms in total. The number of rotatable bonds is 3. The quantitative estimate of drug-likeness (QED) is 0.716. The maximum Gasteiger partial charge on any atom is 0.370 e. The van der Waals surface area contributed by atoms with Gasteiger partial charge in [-0.05, 0) is 38.8 Å². The van der Waals surface area contributed by atoms with Gasteiger partial charge in [-0.25, -0.2) is 4.67 Å². The summed E-state index contributed by atoms with van der Waals surface area (Å²) in [5.74, 6) is 2.59. The summed E-state index contributed by atoms with van der Waals surface area (Å²) in [7, 11) is -0.0222. The maximum absolute atomic E-state index is 12.2. The molecule has 1 rings (SSSR count). The van der Waals surface area contributed by atoms with Gasteiger partial charge in [0.25, 0.3) is 0 Å². The van der Waals surface area contributed by atoms with Crippen molar-refractivity contribution in [3.05, 3.63) is 0 Å². The first-order valence-electron chi connectivity index (χ1n) is 5.78. The van der Waals surface area contributed by atoms with Gasteiger partial charge in [0.2, 0.25) is 0 Å². The second-order valence-corrected chi connectivity index (χ2v) is 7.17. The van der Waals surface area contributed by atoms with Gasteiger partial charge < -0.3 is 4.52 Å². The standard InChI is InChI=1S/C11H21N2O2P/c1-9-6-5-7-10(2)11(9)15-16(14,8-12)13(3)4/h9-11H,5-7H2,1-4H3. The molecule has 92 valence electrons. The van der Waals surface area contributed by atoms with Crippen molar-refractivity contribution in [3.8, 4) is 5.81 Å². The largest absolute Gasteiger partial charge is 0.370 e. The van der Waals surface area contributed by atoms with Crippen LogP contribution in [0, 0.1) is 22.9 Å². The lowest BCUT2D eigenvalue weighted by molar-refractivity contribution is 0.0533. The van der Waals surface area contributed by atoms with Crippen molar-refractivity contribution in [1.82, 2.24) is 4.67 Å². The molecule has 1 aliphatic carbocycles. The van der Waals surface area contributed by atoms with Crippen molar-refractivity contribution in [2.45, 2.75) is 39.2 Å². The molecule has 16 heavy (non-hydrogen) atoms. The van der Waals surface area contributed by atoms with Gasteiger partial charge in [0.1, 0.15) is 0 Å². The Balaban J connectivity index is 2.78. The molecule has 3 atom stereocenters. The van der Waals surface area contributed by atoms with Crippen molar-refractivity contribution in [2.75, 3.05) is 14.1 Å². The number of hydrogen-bond donors (Lipinski definition) is 0. The van der Waals surface area contributed by atoms with Crippen molar-refractivity contribution < 1.29 is 9.09 Å². The highest BCUT2D eigenvalue weighted by Crippen LogP contribution is 2.51. The Hall–Kier alpha value is -0.360. The summed E-state index contributed by atoms with van der Waals surface area (Å²) in [6.07, 6.45) is 3.32. The van der Waals surface area contributed by atoms with Gasteiger partial charge in [-0.3, -0.25) is 4.57 Å². The molecule has 0 bridgehead atoms. The van der Waals surface area contributed by atoms with Crippen LogP contribution in [0.2, 0.25) is 0 Å². The van der Waals surface area contributed by atoms with Crippen LogP contribution in [0.15, 0.2) is 0 Å². The van der Waals surface area contributed by atoms with Gasteiger partial charge in [0.05, 0.1) is 6.10 Å². The normalized spacial score (nSPS) is 34.4. The van der Waals surface area contributed by atoms with Crippen molar-refractivity contribution in [2.24, 2.45) is 11.8 Å². The fourth-order valence-electron chi connectivity index (χ4n) is 2.23. The van der Waals surface area contributed by atoms with Crippen LogP contribution in [0.4, 0.5) is 0 Å². The summed E-state index contributed by atoms with van der Waals surface area (Å²) in [6.45, 7) is 4.22. The van der Waals surface area contributed by atoms with Crippen molar-refractivity contribution >= 4 is 7.52 Å². The molecule has 1 aliphatic rings. The monoisotopic (exact) mass is 244 g/mol. The Labute approximate surface area is 98.1 Å². The van der Waals surface area contributed by atoms with Crippen LogP contribution < -0.4 is 0 Å². The fourth-order valence-corrected chi connectivity index (χ4v) is 3.39. The van der Waals surface area contributed by atoms with Crippen molar-refractivity contribution in [1.29, 1.82) is 5.26 Å². The molecule has 0 spiro atoms. The van der Waals surface area contributed by atoms with Gasteiger partial charge in [0, 0.05) is 0 Å². The molecule has 0 heterocycles. The minimum atomic E-state index is -3.28. The number of nitriles is 1. The van der Waals surface area contributed by atoms with Crippen LogP contribution in [-0.2, 0) is 9.09 Å². The lowest BCUT2D eigenvalue weighted by Gasteiger charge is -2.36. The van der Waals surface area contributed by atoms with Gasteiger partial charge in [-0.2, -0.15) is 5.26 Å². The Morgan fingerprint density at radius 2 is 1.81 bits per heavy atom. The van der Waals surface area contributed by atoms with E-state index in [1.165, 1.54) is 11.1 Å². The second-order valence-electron chi connectivity index (χ2n) is 4.92. The van der Waals surface area contributed by atoms with E-state index in [1.54, 1.807) is 14.1 Å². The van der Waals surface area contributed by atoms with E-state index in [-0.39, 0.29) is 6.10 Å². The van der Waals surface area contributed by atoms with Crippen molar-refractivity contribution in [3.63, 3.8) is 0 Å². The molecule has 0 aliphatic heterocycles. The minimum Gasteiger partial charge on any atom is -0.303 e. The average molecular weight is 244 g/mol. The Kier molecular flexibility index (Phi) is 4.55. The van der Waals surface area contributed by atoms with E-state index in [2.05, 4.69) is 13.8 Å². The predicted molar refractivity (Wildman–Crippen MR) is 64.0 cm³/mol. The molecule has 1 saturated carbocycles. The third-order valence-corrected chi connectivity index (χ3v) is 5.19. The summed E-state index contributed by atoms with van der Waals surface area (Å²) in [4.78, 5) is 0. The molecule has 0 aromatic heterocycles. The topological polar surface area (TPSA) is 53.3 Å². The predicted octanol–water partition coefficient (Wildman–Crippen LogP) is 3.06. The molecule has 0 aromatic rings. The first kappa shape index (κ1) is 13.7. The van der Waals surface area contributed by atoms with Gasteiger partial charge in [-0.1, -0.05) is 20.3 Å². The van der Waals surface area contributed by atoms with E-state index < -0.39 is 7.52 Å². The maximum atomic E-state index is 12.2. The smallest absolute Gasteiger partial charge is 0.303 e. The summed E-state index contributed by atoms with van der Waals surface area (Å²) in [6, 6.07) is 0. The van der Waals surface area contributed by atoms with Gasteiger partial charge >= 0.3 is 7.52 Å². The lowest BCUT2D eigenvalue weighted by Crippen LogP contribution is -2.33. The molecular formula is C11H21N2O2P. The summed E-state index contributed by atoms with van der Waals surface area (Å²) in [5.41, 5.74) is 0. The van der Waals surface area contributed by atoms with Crippen LogP contribution in [-0.4, -0.2) is 24.9 Å². The molecule has 3 unspecified atom stereocenters. The van der Waals surface area contributed by atoms with E-state index in [1.807, 2.05) is 5.81 Å². The molecule has 1 fully saturated rings. The zero-order valence-corrected chi connectivity index (χ0v) is 11.4. The molecule has 5 heteroatoms. The third-order valence-electron chi connectivity index (χ3n) is 3.36. The fraction of sp³-hybridized carbons (Fsp3) is 0.909. The van der Waals surface area contributed by atoms with Crippen LogP contribution in [0.3, 0.4) is 0 Å². The molecule has 0 N–H and O–H groups in total. The lowest BCUT2D eigenvalue weighted by atomic mass is 9.81. The SMILES string of the molecule is CC1CCCC(C)C1OP(=O)(C#N)N(C)C. The highest BCUT2D eigenvalue weighted by Gasteiger charge is 2.37. The van der Waals surface area contributed by atoms with Crippen LogP contribution in [0.5, 0.6) is 0 Å². The van der Waals surface area contributed by atoms with Gasteiger partial charge in [0.15, 0.2) is 5.81 Å². The molecule has 0 saturated heterocycles. The second kappa shape index (κ2) is 5.31. The molecule has 0 aromatic carbocycles. The van der Waals surface area contributed by atoms with Crippen LogP contribution in [0.25, 0.3) is 0 Å². The van der Waals surface area contributed by atoms with Gasteiger partial charge in [-0.15, -0.1) is 0 Å². The number of hydrogen-bond acceptors (Lipinski definition) is 3. The summed E-state index contributed by atoms with van der Waals surface area (Å²) >= 11 is 0. The first-order chi connectivity index (χ1) is 7.40. The third kappa shape index (κ3) is 2.85. The molecule has 0 amide bonds. The zero-order valence-electron chi connectivity index (χ0n) is 10.5. The van der Waals surface area contributed by atoms with E-state index in [0.717, 1.165) is 12.8 Å². The van der Waals surface area contributed by atoms with E-state index in [9.17, 15) is 4.57 Å². The summed E-state index contributed by atoms with van der Waals surface area (Å²) < 4.78 is 19.2. The van der Waals surface area contributed by atoms with E-state index in [4.69, 9.17) is 9.79 Å². The zero-order chi connectivity index (χ0) is 12.3. The number of nitrogens with zero attached hydrogens (tertiary/aromatic N) is 2. The Morgan fingerprint density at radius 3 is 2.19 bits per heavy atom. The van der Waals surface area contributed by atoms with Crippen LogP contribution in [0.1, 0.15) is 33.1 Å². The minimum absolute atomic E-state index is 0.0540. The van der Waals surface area contributed by atoms with Crippen LogP contribution >= 0.6 is 7.52 Å². The molecular weight excluding hydrogens is 223 g/mol. The van der Waals surface area contributed by atoms with E-state index in [0.29, 0.717) is 11.8 Å². The Morgan fingerprint density at radius 1 is 1.31 bits per heavy atom. The first-order valence-corrected chi connectivity index (χ1v) is 7.36.